The SMILES string of the molecule is C/C(N)=C(\C(=O)NC1(CO)CCNC1=O)c1cc(OCc2ccccn2)ccn1. The summed E-state index contributed by atoms with van der Waals surface area (Å²) in [5.41, 5.74) is 5.96. The van der Waals surface area contributed by atoms with Crippen molar-refractivity contribution in [2.75, 3.05) is 13.2 Å². The van der Waals surface area contributed by atoms with Crippen LogP contribution in [0.25, 0.3) is 5.57 Å². The van der Waals surface area contributed by atoms with Crippen LogP contribution in [0.2, 0.25) is 0 Å². The Morgan fingerprint density at radius 3 is 2.79 bits per heavy atom. The molecular weight excluding hydrogens is 374 g/mol. The largest absolute Gasteiger partial charge is 0.487 e. The van der Waals surface area contributed by atoms with Crippen LogP contribution in [-0.2, 0) is 16.2 Å². The van der Waals surface area contributed by atoms with E-state index in [0.717, 1.165) is 5.69 Å². The predicted molar refractivity (Wildman–Crippen MR) is 105 cm³/mol. The summed E-state index contributed by atoms with van der Waals surface area (Å²) < 4.78 is 5.73. The minimum absolute atomic E-state index is 0.112. The molecule has 2 aromatic heterocycles. The first-order valence-corrected chi connectivity index (χ1v) is 9.12. The van der Waals surface area contributed by atoms with Crippen molar-refractivity contribution >= 4 is 17.4 Å². The van der Waals surface area contributed by atoms with E-state index in [1.165, 1.54) is 6.20 Å². The summed E-state index contributed by atoms with van der Waals surface area (Å²) in [6.45, 7) is 1.68. The average Bonchev–Trinajstić information content (AvgIpc) is 3.08. The molecule has 152 valence electrons. The van der Waals surface area contributed by atoms with E-state index in [0.29, 0.717) is 18.0 Å². The standard InChI is InChI=1S/C20H23N5O4/c1-13(21)17(18(27)25-20(12-26)6-9-24-19(20)28)16-10-15(5-8-23-16)29-11-14-4-2-3-7-22-14/h2-5,7-8,10,26H,6,9,11-12,21H2,1H3,(H,24,28)(H,25,27)/b17-13+. The summed E-state index contributed by atoms with van der Waals surface area (Å²) in [7, 11) is 0. The molecule has 9 nitrogen and oxygen atoms in total. The second-order valence-corrected chi connectivity index (χ2v) is 6.74. The average molecular weight is 397 g/mol. The topological polar surface area (TPSA) is 139 Å². The maximum atomic E-state index is 12.9. The molecule has 3 rings (SSSR count). The molecule has 0 saturated carbocycles. The van der Waals surface area contributed by atoms with Gasteiger partial charge in [0.1, 0.15) is 17.9 Å². The van der Waals surface area contributed by atoms with Gasteiger partial charge in [-0.3, -0.25) is 19.6 Å². The first-order chi connectivity index (χ1) is 13.9. The van der Waals surface area contributed by atoms with Gasteiger partial charge in [0.25, 0.3) is 5.91 Å². The Labute approximate surface area is 168 Å². The third-order valence-corrected chi connectivity index (χ3v) is 4.62. The maximum Gasteiger partial charge on any atom is 0.256 e. The lowest BCUT2D eigenvalue weighted by atomic mass is 9.97. The summed E-state index contributed by atoms with van der Waals surface area (Å²) in [4.78, 5) is 33.4. The van der Waals surface area contributed by atoms with Gasteiger partial charge in [-0.1, -0.05) is 6.07 Å². The Morgan fingerprint density at radius 1 is 1.34 bits per heavy atom. The third-order valence-electron chi connectivity index (χ3n) is 4.62. The number of nitrogens with one attached hydrogen (secondary N) is 2. The van der Waals surface area contributed by atoms with Crippen LogP contribution in [0.5, 0.6) is 5.75 Å². The van der Waals surface area contributed by atoms with Gasteiger partial charge in [-0.2, -0.15) is 0 Å². The molecule has 1 aliphatic heterocycles. The fourth-order valence-corrected chi connectivity index (χ4v) is 3.04. The van der Waals surface area contributed by atoms with E-state index >= 15 is 0 Å². The number of amides is 2. The first-order valence-electron chi connectivity index (χ1n) is 9.12. The van der Waals surface area contributed by atoms with E-state index in [2.05, 4.69) is 20.6 Å². The van der Waals surface area contributed by atoms with Crippen molar-refractivity contribution in [2.24, 2.45) is 5.73 Å². The number of pyridine rings is 2. The number of hydrogen-bond donors (Lipinski definition) is 4. The van der Waals surface area contributed by atoms with Gasteiger partial charge < -0.3 is 26.2 Å². The van der Waals surface area contributed by atoms with Crippen LogP contribution in [0.15, 0.2) is 48.4 Å². The minimum atomic E-state index is -1.37. The van der Waals surface area contributed by atoms with Crippen LogP contribution >= 0.6 is 0 Å². The van der Waals surface area contributed by atoms with Crippen LogP contribution < -0.4 is 21.1 Å². The molecule has 1 unspecified atom stereocenters. The van der Waals surface area contributed by atoms with Gasteiger partial charge in [-0.25, -0.2) is 0 Å². The molecule has 3 heterocycles. The maximum absolute atomic E-state index is 12.9. The smallest absolute Gasteiger partial charge is 0.256 e. The summed E-state index contributed by atoms with van der Waals surface area (Å²) >= 11 is 0. The van der Waals surface area contributed by atoms with Crippen LogP contribution in [0.4, 0.5) is 0 Å². The molecule has 29 heavy (non-hydrogen) atoms. The number of aromatic nitrogens is 2. The van der Waals surface area contributed by atoms with Crippen molar-refractivity contribution in [3.63, 3.8) is 0 Å². The summed E-state index contributed by atoms with van der Waals surface area (Å²) in [5, 5.41) is 14.9. The molecule has 0 aliphatic carbocycles. The number of aliphatic hydroxyl groups excluding tert-OH is 1. The van der Waals surface area contributed by atoms with E-state index in [1.807, 2.05) is 18.2 Å². The lowest BCUT2D eigenvalue weighted by Gasteiger charge is -2.25. The number of nitrogens with zero attached hydrogens (tertiary/aromatic N) is 2. The first kappa shape index (κ1) is 20.3. The molecule has 1 fully saturated rings. The molecule has 9 heteroatoms. The van der Waals surface area contributed by atoms with Crippen LogP contribution in [0, 0.1) is 0 Å². The van der Waals surface area contributed by atoms with Crippen LogP contribution in [-0.4, -0.2) is 45.6 Å². The predicted octanol–water partition coefficient (Wildman–Crippen LogP) is 0.113. The van der Waals surface area contributed by atoms with Crippen molar-refractivity contribution in [3.8, 4) is 5.75 Å². The van der Waals surface area contributed by atoms with Crippen molar-refractivity contribution in [1.82, 2.24) is 20.6 Å². The van der Waals surface area contributed by atoms with Crippen molar-refractivity contribution in [2.45, 2.75) is 25.5 Å². The van der Waals surface area contributed by atoms with Crippen molar-refractivity contribution in [3.05, 3.63) is 59.8 Å². The Balaban J connectivity index is 1.80. The van der Waals surface area contributed by atoms with Gasteiger partial charge in [0.2, 0.25) is 5.91 Å². The normalized spacial score (nSPS) is 19.3. The summed E-state index contributed by atoms with van der Waals surface area (Å²) in [6, 6.07) is 8.77. The van der Waals surface area contributed by atoms with Crippen LogP contribution in [0.1, 0.15) is 24.7 Å². The van der Waals surface area contributed by atoms with E-state index in [1.54, 1.807) is 25.3 Å². The highest BCUT2D eigenvalue weighted by Crippen LogP contribution is 2.23. The monoisotopic (exact) mass is 397 g/mol. The number of hydrogen-bond acceptors (Lipinski definition) is 7. The highest BCUT2D eigenvalue weighted by molar-refractivity contribution is 6.21. The Kier molecular flexibility index (Phi) is 6.08. The summed E-state index contributed by atoms with van der Waals surface area (Å²) in [5.74, 6) is -0.532. The molecule has 1 saturated heterocycles. The minimum Gasteiger partial charge on any atom is -0.487 e. The van der Waals surface area contributed by atoms with E-state index in [9.17, 15) is 14.7 Å². The third kappa shape index (κ3) is 4.52. The number of carbonyl (C=O) groups excluding carboxylic acids is 2. The van der Waals surface area contributed by atoms with Crippen LogP contribution in [0.3, 0.4) is 0 Å². The number of ether oxygens (including phenoxy) is 1. The van der Waals surface area contributed by atoms with Crippen molar-refractivity contribution in [1.29, 1.82) is 0 Å². The number of aliphatic hydroxyl groups is 1. The molecule has 0 aromatic carbocycles. The van der Waals surface area contributed by atoms with E-state index in [-0.39, 0.29) is 24.3 Å². The Morgan fingerprint density at radius 2 is 2.17 bits per heavy atom. The lowest BCUT2D eigenvalue weighted by molar-refractivity contribution is -0.130. The molecule has 0 radical (unpaired) electrons. The lowest BCUT2D eigenvalue weighted by Crippen LogP contribution is -2.56. The van der Waals surface area contributed by atoms with Gasteiger partial charge in [0.05, 0.1) is 23.6 Å². The van der Waals surface area contributed by atoms with Gasteiger partial charge in [0.15, 0.2) is 0 Å². The zero-order valence-electron chi connectivity index (χ0n) is 16.0. The van der Waals surface area contributed by atoms with Gasteiger partial charge >= 0.3 is 0 Å². The molecular formula is C20H23N5O4. The zero-order valence-corrected chi connectivity index (χ0v) is 16.0. The summed E-state index contributed by atoms with van der Waals surface area (Å²) in [6.07, 6.45) is 3.46. The fourth-order valence-electron chi connectivity index (χ4n) is 3.04. The highest BCUT2D eigenvalue weighted by Gasteiger charge is 2.44. The van der Waals surface area contributed by atoms with Gasteiger partial charge in [-0.15, -0.1) is 0 Å². The number of carbonyl (C=O) groups is 2. The zero-order chi connectivity index (χ0) is 20.9. The fraction of sp³-hybridized carbons (Fsp3) is 0.300. The van der Waals surface area contributed by atoms with E-state index in [4.69, 9.17) is 10.5 Å². The Hall–Kier alpha value is -3.46. The van der Waals surface area contributed by atoms with Crippen molar-refractivity contribution < 1.29 is 19.4 Å². The molecule has 2 aromatic rings. The molecule has 5 N–H and O–H groups in total. The van der Waals surface area contributed by atoms with E-state index < -0.39 is 24.0 Å². The molecule has 2 amide bonds. The Bertz CT molecular complexity index is 927. The van der Waals surface area contributed by atoms with Gasteiger partial charge in [0, 0.05) is 30.7 Å². The second-order valence-electron chi connectivity index (χ2n) is 6.74. The van der Waals surface area contributed by atoms with Gasteiger partial charge in [-0.05, 0) is 31.5 Å². The molecule has 0 spiro atoms. The second kappa shape index (κ2) is 8.70. The number of rotatable bonds is 7. The number of nitrogens with two attached hydrogens (primary N) is 1. The highest BCUT2D eigenvalue weighted by atomic mass is 16.5. The number of allylic oxidation sites excluding steroid dienone is 1. The quantitative estimate of drug-likeness (QED) is 0.486. The molecule has 1 atom stereocenters. The molecule has 1 aliphatic rings. The molecule has 0 bridgehead atoms.